The Bertz CT molecular complexity index is 510. The molecule has 1 amide bonds. The van der Waals surface area contributed by atoms with Gasteiger partial charge >= 0.3 is 0 Å². The minimum absolute atomic E-state index is 0.0512. The average molecular weight is 291 g/mol. The molecule has 2 N–H and O–H groups in total. The summed E-state index contributed by atoms with van der Waals surface area (Å²) in [6.07, 6.45) is 6.81. The van der Waals surface area contributed by atoms with Crippen molar-refractivity contribution in [3.8, 4) is 0 Å². The van der Waals surface area contributed by atoms with Crippen LogP contribution in [0.5, 0.6) is 0 Å². The first-order chi connectivity index (χ1) is 10.2. The Balaban J connectivity index is 1.77. The van der Waals surface area contributed by atoms with Crippen molar-refractivity contribution in [1.29, 1.82) is 0 Å². The summed E-state index contributed by atoms with van der Waals surface area (Å²) in [6, 6.07) is -0.417. The number of fused-ring (bicyclic) bond motifs is 1. The summed E-state index contributed by atoms with van der Waals surface area (Å²) in [5.41, 5.74) is 5.74. The van der Waals surface area contributed by atoms with Crippen LogP contribution in [0, 0.1) is 0 Å². The van der Waals surface area contributed by atoms with Crippen molar-refractivity contribution < 1.29 is 4.79 Å². The van der Waals surface area contributed by atoms with Gasteiger partial charge in [0.1, 0.15) is 11.6 Å². The SMILES string of the molecule is C[C@@H](N)C(=O)N1CCCC(c2nnc3n2CCCCC3)C1. The van der Waals surface area contributed by atoms with E-state index in [9.17, 15) is 4.79 Å². The molecule has 0 spiro atoms. The van der Waals surface area contributed by atoms with Gasteiger partial charge in [0.15, 0.2) is 0 Å². The van der Waals surface area contributed by atoms with Gasteiger partial charge in [-0.05, 0) is 32.6 Å². The zero-order valence-corrected chi connectivity index (χ0v) is 12.8. The predicted octanol–water partition coefficient (Wildman–Crippen LogP) is 1.06. The number of nitrogens with zero attached hydrogens (tertiary/aromatic N) is 4. The highest BCUT2D eigenvalue weighted by atomic mass is 16.2. The van der Waals surface area contributed by atoms with Crippen LogP contribution >= 0.6 is 0 Å². The minimum atomic E-state index is -0.417. The van der Waals surface area contributed by atoms with Crippen LogP contribution in [0.2, 0.25) is 0 Å². The molecule has 3 heterocycles. The summed E-state index contributed by atoms with van der Waals surface area (Å²) in [6.45, 7) is 4.33. The Morgan fingerprint density at radius 2 is 2.10 bits per heavy atom. The fourth-order valence-corrected chi connectivity index (χ4v) is 3.49. The van der Waals surface area contributed by atoms with Crippen LogP contribution in [0.15, 0.2) is 0 Å². The Morgan fingerprint density at radius 1 is 1.24 bits per heavy atom. The number of nitrogens with two attached hydrogens (primary N) is 1. The number of rotatable bonds is 2. The number of carbonyl (C=O) groups is 1. The van der Waals surface area contributed by atoms with E-state index in [4.69, 9.17) is 5.73 Å². The zero-order valence-electron chi connectivity index (χ0n) is 12.8. The van der Waals surface area contributed by atoms with Gasteiger partial charge in [0.05, 0.1) is 6.04 Å². The van der Waals surface area contributed by atoms with Crippen LogP contribution in [0.25, 0.3) is 0 Å². The lowest BCUT2D eigenvalue weighted by atomic mass is 9.96. The maximum Gasteiger partial charge on any atom is 0.239 e. The van der Waals surface area contributed by atoms with Gasteiger partial charge in [-0.2, -0.15) is 0 Å². The molecule has 6 nitrogen and oxygen atoms in total. The van der Waals surface area contributed by atoms with E-state index in [-0.39, 0.29) is 5.91 Å². The first kappa shape index (κ1) is 14.5. The second kappa shape index (κ2) is 6.13. The molecule has 2 aliphatic rings. The smallest absolute Gasteiger partial charge is 0.239 e. The molecule has 0 bridgehead atoms. The number of aromatic nitrogens is 3. The van der Waals surface area contributed by atoms with Crippen LogP contribution in [0.4, 0.5) is 0 Å². The Morgan fingerprint density at radius 3 is 2.90 bits per heavy atom. The molecule has 1 aromatic rings. The monoisotopic (exact) mass is 291 g/mol. The number of likely N-dealkylation sites (tertiary alicyclic amines) is 1. The van der Waals surface area contributed by atoms with Gasteiger partial charge in [0.2, 0.25) is 5.91 Å². The van der Waals surface area contributed by atoms with E-state index in [1.807, 2.05) is 4.90 Å². The fraction of sp³-hybridized carbons (Fsp3) is 0.800. The normalized spacial score (nSPS) is 24.3. The number of amides is 1. The molecule has 1 unspecified atom stereocenters. The molecule has 1 aromatic heterocycles. The van der Waals surface area contributed by atoms with Crippen molar-refractivity contribution >= 4 is 5.91 Å². The highest BCUT2D eigenvalue weighted by molar-refractivity contribution is 5.81. The summed E-state index contributed by atoms with van der Waals surface area (Å²) in [4.78, 5) is 14.0. The molecule has 2 aliphatic heterocycles. The van der Waals surface area contributed by atoms with Crippen molar-refractivity contribution in [3.63, 3.8) is 0 Å². The van der Waals surface area contributed by atoms with E-state index >= 15 is 0 Å². The minimum Gasteiger partial charge on any atom is -0.341 e. The maximum atomic E-state index is 12.1. The third-order valence-corrected chi connectivity index (χ3v) is 4.63. The summed E-state index contributed by atoms with van der Waals surface area (Å²) in [5, 5.41) is 8.83. The second-order valence-electron chi connectivity index (χ2n) is 6.35. The van der Waals surface area contributed by atoms with E-state index in [1.54, 1.807) is 6.92 Å². The Kier molecular flexibility index (Phi) is 4.24. The van der Waals surface area contributed by atoms with Gasteiger partial charge in [-0.25, -0.2) is 0 Å². The molecular formula is C15H25N5O. The van der Waals surface area contributed by atoms with Gasteiger partial charge < -0.3 is 15.2 Å². The van der Waals surface area contributed by atoms with Crippen LogP contribution < -0.4 is 5.73 Å². The van der Waals surface area contributed by atoms with Crippen LogP contribution in [-0.4, -0.2) is 44.7 Å². The molecule has 0 aliphatic carbocycles. The van der Waals surface area contributed by atoms with Crippen molar-refractivity contribution in [2.75, 3.05) is 13.1 Å². The summed E-state index contributed by atoms with van der Waals surface area (Å²) in [7, 11) is 0. The number of aryl methyl sites for hydroxylation is 1. The fourth-order valence-electron chi connectivity index (χ4n) is 3.49. The molecular weight excluding hydrogens is 266 g/mol. The number of piperidine rings is 1. The highest BCUT2D eigenvalue weighted by Gasteiger charge is 2.30. The third kappa shape index (κ3) is 2.95. The molecule has 0 radical (unpaired) electrons. The molecule has 0 aromatic carbocycles. The second-order valence-corrected chi connectivity index (χ2v) is 6.35. The summed E-state index contributed by atoms with van der Waals surface area (Å²) < 4.78 is 2.30. The largest absolute Gasteiger partial charge is 0.341 e. The van der Waals surface area contributed by atoms with Gasteiger partial charge in [-0.3, -0.25) is 4.79 Å². The molecule has 1 saturated heterocycles. The van der Waals surface area contributed by atoms with E-state index in [1.165, 1.54) is 19.3 Å². The molecule has 3 rings (SSSR count). The van der Waals surface area contributed by atoms with Crippen molar-refractivity contribution in [1.82, 2.24) is 19.7 Å². The lowest BCUT2D eigenvalue weighted by Gasteiger charge is -2.33. The van der Waals surface area contributed by atoms with Crippen molar-refractivity contribution in [2.45, 2.75) is 64.0 Å². The first-order valence-corrected chi connectivity index (χ1v) is 8.13. The van der Waals surface area contributed by atoms with E-state index in [0.717, 1.165) is 50.5 Å². The number of carbonyl (C=O) groups excluding carboxylic acids is 1. The van der Waals surface area contributed by atoms with E-state index < -0.39 is 6.04 Å². The van der Waals surface area contributed by atoms with Crippen LogP contribution in [0.3, 0.4) is 0 Å². The zero-order chi connectivity index (χ0) is 14.8. The molecule has 0 saturated carbocycles. The van der Waals surface area contributed by atoms with Gasteiger partial charge in [-0.1, -0.05) is 6.42 Å². The average Bonchev–Trinajstić information content (AvgIpc) is 2.75. The topological polar surface area (TPSA) is 77.0 Å². The van der Waals surface area contributed by atoms with Crippen molar-refractivity contribution in [2.24, 2.45) is 5.73 Å². The third-order valence-electron chi connectivity index (χ3n) is 4.63. The lowest BCUT2D eigenvalue weighted by Crippen LogP contribution is -2.46. The summed E-state index contributed by atoms with van der Waals surface area (Å²) in [5.74, 6) is 2.56. The molecule has 21 heavy (non-hydrogen) atoms. The van der Waals surface area contributed by atoms with Crippen molar-refractivity contribution in [3.05, 3.63) is 11.6 Å². The number of hydrogen-bond donors (Lipinski definition) is 1. The Labute approximate surface area is 125 Å². The lowest BCUT2D eigenvalue weighted by molar-refractivity contribution is -0.133. The Hall–Kier alpha value is -1.43. The molecule has 116 valence electrons. The van der Waals surface area contributed by atoms with Crippen LogP contribution in [-0.2, 0) is 17.8 Å². The first-order valence-electron chi connectivity index (χ1n) is 8.13. The molecule has 1 fully saturated rings. The number of hydrogen-bond acceptors (Lipinski definition) is 4. The predicted molar refractivity (Wildman–Crippen MR) is 79.8 cm³/mol. The standard InChI is InChI=1S/C15H25N5O/c1-11(16)15(21)19-8-5-6-12(10-19)14-18-17-13-7-3-2-4-9-20(13)14/h11-12H,2-10,16H2,1H3/t11-,12?/m1/s1. The van der Waals surface area contributed by atoms with Gasteiger partial charge in [0.25, 0.3) is 0 Å². The van der Waals surface area contributed by atoms with Gasteiger partial charge in [0, 0.05) is 32.0 Å². The highest BCUT2D eigenvalue weighted by Crippen LogP contribution is 2.28. The molecule has 6 heteroatoms. The van der Waals surface area contributed by atoms with Crippen LogP contribution in [0.1, 0.15) is 56.6 Å². The van der Waals surface area contributed by atoms with E-state index in [2.05, 4.69) is 14.8 Å². The van der Waals surface area contributed by atoms with E-state index in [0.29, 0.717) is 5.92 Å². The molecule has 2 atom stereocenters. The van der Waals surface area contributed by atoms with Gasteiger partial charge in [-0.15, -0.1) is 10.2 Å². The summed E-state index contributed by atoms with van der Waals surface area (Å²) >= 11 is 0. The maximum absolute atomic E-state index is 12.1. The quantitative estimate of drug-likeness (QED) is 0.884.